The first kappa shape index (κ1) is 16.9. The van der Waals surface area contributed by atoms with Crippen LogP contribution in [0.3, 0.4) is 0 Å². The molecular weight excluding hydrogens is 268 g/mol. The molecule has 1 atom stereocenters. The number of nitrogens with zero attached hydrogens (tertiary/aromatic N) is 1. The molecule has 0 saturated carbocycles. The van der Waals surface area contributed by atoms with Gasteiger partial charge in [-0.25, -0.2) is 0 Å². The van der Waals surface area contributed by atoms with Crippen LogP contribution in [-0.2, 0) is 6.54 Å². The first-order chi connectivity index (χ1) is 9.51. The number of hydrogen-bond donors (Lipinski definition) is 1. The minimum absolute atomic E-state index is 0.383. The fourth-order valence-electron chi connectivity index (χ4n) is 2.18. The summed E-state index contributed by atoms with van der Waals surface area (Å²) < 4.78 is 5.29. The van der Waals surface area contributed by atoms with Crippen molar-refractivity contribution in [3.05, 3.63) is 29.3 Å². The molecule has 0 bridgehead atoms. The van der Waals surface area contributed by atoms with Crippen molar-refractivity contribution in [3.63, 3.8) is 0 Å². The van der Waals surface area contributed by atoms with Gasteiger partial charge in [0.15, 0.2) is 0 Å². The number of nitrogens with two attached hydrogens (primary N) is 1. The third kappa shape index (κ3) is 4.76. The number of benzene rings is 1. The maximum atomic E-state index is 5.76. The van der Waals surface area contributed by atoms with Gasteiger partial charge in [0.25, 0.3) is 0 Å². The molecule has 2 N–H and O–H groups in total. The van der Waals surface area contributed by atoms with E-state index in [-0.39, 0.29) is 0 Å². The predicted octanol–water partition coefficient (Wildman–Crippen LogP) is 3.20. The second-order valence-electron chi connectivity index (χ2n) is 5.24. The van der Waals surface area contributed by atoms with Crippen molar-refractivity contribution in [2.45, 2.75) is 33.7 Å². The molecular formula is C16H26N2OS. The van der Waals surface area contributed by atoms with Crippen molar-refractivity contribution in [3.8, 4) is 5.75 Å². The molecule has 0 aliphatic carbocycles. The molecule has 0 aliphatic heterocycles. The Bertz CT molecular complexity index is 448. The number of thiocarbonyl (C=S) groups is 1. The SMILES string of the molecule is CCC(C)CN(CC)Cc1ccc(OC)c(C(N)=S)c1. The van der Waals surface area contributed by atoms with Crippen LogP contribution in [0.5, 0.6) is 5.75 Å². The second kappa shape index (κ2) is 8.22. The minimum atomic E-state index is 0.383. The molecule has 0 aromatic heterocycles. The van der Waals surface area contributed by atoms with Gasteiger partial charge in [-0.15, -0.1) is 0 Å². The van der Waals surface area contributed by atoms with Gasteiger partial charge in [-0.05, 0) is 30.2 Å². The summed E-state index contributed by atoms with van der Waals surface area (Å²) in [6.45, 7) is 9.79. The average molecular weight is 294 g/mol. The molecule has 0 aliphatic rings. The molecule has 0 spiro atoms. The molecule has 0 amide bonds. The summed E-state index contributed by atoms with van der Waals surface area (Å²) in [6, 6.07) is 6.07. The van der Waals surface area contributed by atoms with Crippen LogP contribution < -0.4 is 10.5 Å². The first-order valence-electron chi connectivity index (χ1n) is 7.20. The van der Waals surface area contributed by atoms with E-state index in [4.69, 9.17) is 22.7 Å². The molecule has 1 rings (SSSR count). The Morgan fingerprint density at radius 3 is 2.60 bits per heavy atom. The van der Waals surface area contributed by atoms with Gasteiger partial charge in [0.1, 0.15) is 10.7 Å². The number of methoxy groups -OCH3 is 1. The monoisotopic (exact) mass is 294 g/mol. The topological polar surface area (TPSA) is 38.5 Å². The molecule has 3 nitrogen and oxygen atoms in total. The van der Waals surface area contributed by atoms with Crippen molar-refractivity contribution in [1.29, 1.82) is 0 Å². The average Bonchev–Trinajstić information content (AvgIpc) is 2.45. The third-order valence-corrected chi connectivity index (χ3v) is 3.87. The van der Waals surface area contributed by atoms with Gasteiger partial charge in [-0.2, -0.15) is 0 Å². The minimum Gasteiger partial charge on any atom is -0.496 e. The van der Waals surface area contributed by atoms with E-state index in [0.717, 1.165) is 30.9 Å². The van der Waals surface area contributed by atoms with Gasteiger partial charge >= 0.3 is 0 Å². The van der Waals surface area contributed by atoms with Gasteiger partial charge in [-0.1, -0.05) is 45.5 Å². The lowest BCUT2D eigenvalue weighted by atomic mass is 10.1. The highest BCUT2D eigenvalue weighted by Crippen LogP contribution is 2.21. The van der Waals surface area contributed by atoms with E-state index in [9.17, 15) is 0 Å². The predicted molar refractivity (Wildman–Crippen MR) is 89.3 cm³/mol. The van der Waals surface area contributed by atoms with E-state index in [2.05, 4.69) is 31.7 Å². The van der Waals surface area contributed by atoms with Gasteiger partial charge in [0, 0.05) is 13.1 Å². The van der Waals surface area contributed by atoms with E-state index in [0.29, 0.717) is 10.9 Å². The molecule has 1 aromatic rings. The summed E-state index contributed by atoms with van der Waals surface area (Å²) in [6.07, 6.45) is 1.21. The van der Waals surface area contributed by atoms with Crippen molar-refractivity contribution in [2.24, 2.45) is 11.7 Å². The number of hydrogen-bond acceptors (Lipinski definition) is 3. The van der Waals surface area contributed by atoms with Crippen molar-refractivity contribution in [2.75, 3.05) is 20.2 Å². The van der Waals surface area contributed by atoms with Crippen molar-refractivity contribution in [1.82, 2.24) is 4.90 Å². The zero-order valence-electron chi connectivity index (χ0n) is 13.0. The summed E-state index contributed by atoms with van der Waals surface area (Å²) in [5.74, 6) is 1.45. The summed E-state index contributed by atoms with van der Waals surface area (Å²) in [4.78, 5) is 2.83. The standard InChI is InChI=1S/C16H26N2OS/c1-5-12(3)10-18(6-2)11-13-7-8-15(19-4)14(9-13)16(17)20/h7-9,12H,5-6,10-11H2,1-4H3,(H2,17,20). The second-order valence-corrected chi connectivity index (χ2v) is 5.68. The van der Waals surface area contributed by atoms with Gasteiger partial charge < -0.3 is 10.5 Å². The molecule has 0 heterocycles. The summed E-state index contributed by atoms with van der Waals surface area (Å²) in [7, 11) is 1.64. The number of rotatable bonds is 8. The van der Waals surface area contributed by atoms with Crippen LogP contribution in [-0.4, -0.2) is 30.1 Å². The lowest BCUT2D eigenvalue weighted by Crippen LogP contribution is -2.28. The summed E-state index contributed by atoms with van der Waals surface area (Å²) >= 11 is 5.09. The van der Waals surface area contributed by atoms with Crippen LogP contribution in [0.4, 0.5) is 0 Å². The van der Waals surface area contributed by atoms with Gasteiger partial charge in [0.2, 0.25) is 0 Å². The highest BCUT2D eigenvalue weighted by atomic mass is 32.1. The zero-order valence-corrected chi connectivity index (χ0v) is 13.8. The molecule has 0 fully saturated rings. The quantitative estimate of drug-likeness (QED) is 0.747. The molecule has 1 aromatic carbocycles. The summed E-state index contributed by atoms with van der Waals surface area (Å²) in [5.41, 5.74) is 7.80. The highest BCUT2D eigenvalue weighted by molar-refractivity contribution is 7.80. The maximum absolute atomic E-state index is 5.76. The van der Waals surface area contributed by atoms with Gasteiger partial charge in [0.05, 0.1) is 12.7 Å². The van der Waals surface area contributed by atoms with Crippen LogP contribution in [0.2, 0.25) is 0 Å². The largest absolute Gasteiger partial charge is 0.496 e. The van der Waals surface area contributed by atoms with Crippen LogP contribution in [0.15, 0.2) is 18.2 Å². The Morgan fingerprint density at radius 2 is 2.10 bits per heavy atom. The fourth-order valence-corrected chi connectivity index (χ4v) is 2.34. The van der Waals surface area contributed by atoms with Crippen molar-refractivity contribution >= 4 is 17.2 Å². The van der Waals surface area contributed by atoms with Crippen LogP contribution in [0, 0.1) is 5.92 Å². The summed E-state index contributed by atoms with van der Waals surface area (Å²) in [5, 5.41) is 0. The smallest absolute Gasteiger partial charge is 0.129 e. The number of ether oxygens (including phenoxy) is 1. The van der Waals surface area contributed by atoms with Crippen LogP contribution >= 0.6 is 12.2 Å². The molecule has 4 heteroatoms. The highest BCUT2D eigenvalue weighted by Gasteiger charge is 2.11. The fraction of sp³-hybridized carbons (Fsp3) is 0.562. The molecule has 112 valence electrons. The first-order valence-corrected chi connectivity index (χ1v) is 7.61. The van der Waals surface area contributed by atoms with Crippen molar-refractivity contribution < 1.29 is 4.74 Å². The lowest BCUT2D eigenvalue weighted by Gasteiger charge is -2.24. The van der Waals surface area contributed by atoms with E-state index < -0.39 is 0 Å². The molecule has 1 unspecified atom stereocenters. The van der Waals surface area contributed by atoms with E-state index >= 15 is 0 Å². The zero-order chi connectivity index (χ0) is 15.1. The van der Waals surface area contributed by atoms with Crippen LogP contribution in [0.1, 0.15) is 38.3 Å². The Morgan fingerprint density at radius 1 is 1.40 bits per heavy atom. The van der Waals surface area contributed by atoms with E-state index in [1.165, 1.54) is 12.0 Å². The third-order valence-electron chi connectivity index (χ3n) is 3.65. The van der Waals surface area contributed by atoms with Crippen LogP contribution in [0.25, 0.3) is 0 Å². The van der Waals surface area contributed by atoms with E-state index in [1.807, 2.05) is 12.1 Å². The molecule has 0 radical (unpaired) electrons. The molecule has 0 saturated heterocycles. The Labute approximate surface area is 128 Å². The normalized spacial score (nSPS) is 12.4. The Hall–Kier alpha value is -1.13. The Kier molecular flexibility index (Phi) is 6.96. The maximum Gasteiger partial charge on any atom is 0.129 e. The van der Waals surface area contributed by atoms with Gasteiger partial charge in [-0.3, -0.25) is 4.90 Å². The Balaban J connectivity index is 2.85. The van der Waals surface area contributed by atoms with E-state index in [1.54, 1.807) is 7.11 Å². The molecule has 20 heavy (non-hydrogen) atoms. The lowest BCUT2D eigenvalue weighted by molar-refractivity contribution is 0.238.